The lowest BCUT2D eigenvalue weighted by Gasteiger charge is -2.24. The Morgan fingerprint density at radius 3 is 3.00 bits per heavy atom. The van der Waals surface area contributed by atoms with Gasteiger partial charge in [-0.05, 0) is 19.8 Å². The fourth-order valence-electron chi connectivity index (χ4n) is 1.70. The molecular weight excluding hydrogens is 189 g/mol. The summed E-state index contributed by atoms with van der Waals surface area (Å²) in [7, 11) is 0. The summed E-state index contributed by atoms with van der Waals surface area (Å²) in [6.07, 6.45) is 6.03. The normalized spacial score (nSPS) is 18.0. The molecule has 0 fully saturated rings. The standard InChI is InChI=1S/C13H18FN/c1-3-8-12(13(14)4-2)11-15-9-6-5-7-10-15/h3-4,12H,1,5-6,8-9,11H2,2H3/b13-4+. The molecule has 82 valence electrons. The van der Waals surface area contributed by atoms with E-state index in [4.69, 9.17) is 0 Å². The van der Waals surface area contributed by atoms with Gasteiger partial charge in [0.05, 0.1) is 0 Å². The summed E-state index contributed by atoms with van der Waals surface area (Å²) in [6, 6.07) is 3.04. The smallest absolute Gasteiger partial charge is 0.101 e. The number of hydrogen-bond donors (Lipinski definition) is 0. The van der Waals surface area contributed by atoms with Gasteiger partial charge in [0.25, 0.3) is 0 Å². The molecule has 2 heteroatoms. The summed E-state index contributed by atoms with van der Waals surface area (Å²) in [5.74, 6) is 2.91. The second kappa shape index (κ2) is 6.29. The van der Waals surface area contributed by atoms with Crippen LogP contribution in [0.5, 0.6) is 0 Å². The van der Waals surface area contributed by atoms with Crippen LogP contribution in [0, 0.1) is 17.9 Å². The predicted molar refractivity (Wildman–Crippen MR) is 61.8 cm³/mol. The van der Waals surface area contributed by atoms with Gasteiger partial charge in [-0.25, -0.2) is 4.39 Å². The molecule has 0 saturated carbocycles. The summed E-state index contributed by atoms with van der Waals surface area (Å²) >= 11 is 0. The van der Waals surface area contributed by atoms with Gasteiger partial charge in [0.15, 0.2) is 0 Å². The van der Waals surface area contributed by atoms with E-state index in [0.717, 1.165) is 19.4 Å². The maximum atomic E-state index is 13.5. The van der Waals surface area contributed by atoms with Crippen LogP contribution >= 0.6 is 0 Å². The third-order valence-corrected chi connectivity index (χ3v) is 2.52. The molecule has 1 nitrogen and oxygen atoms in total. The van der Waals surface area contributed by atoms with Gasteiger partial charge < -0.3 is 4.90 Å². The Morgan fingerprint density at radius 2 is 2.47 bits per heavy atom. The van der Waals surface area contributed by atoms with E-state index in [1.54, 1.807) is 13.0 Å². The van der Waals surface area contributed by atoms with E-state index >= 15 is 0 Å². The maximum absolute atomic E-state index is 13.5. The lowest BCUT2D eigenvalue weighted by atomic mass is 10.0. The van der Waals surface area contributed by atoms with E-state index in [2.05, 4.69) is 18.5 Å². The number of halogens is 1. The molecule has 0 amide bonds. The van der Waals surface area contributed by atoms with Gasteiger partial charge in [-0.2, -0.15) is 0 Å². The van der Waals surface area contributed by atoms with Crippen molar-refractivity contribution in [3.05, 3.63) is 24.6 Å². The second-order valence-electron chi connectivity index (χ2n) is 3.73. The summed E-state index contributed by atoms with van der Waals surface area (Å²) in [4.78, 5) is 2.01. The van der Waals surface area contributed by atoms with E-state index < -0.39 is 0 Å². The van der Waals surface area contributed by atoms with Crippen molar-refractivity contribution in [3.63, 3.8) is 0 Å². The Morgan fingerprint density at radius 1 is 1.67 bits per heavy atom. The van der Waals surface area contributed by atoms with Crippen LogP contribution in [0.4, 0.5) is 4.39 Å². The zero-order valence-corrected chi connectivity index (χ0v) is 9.30. The number of hydrogen-bond acceptors (Lipinski definition) is 1. The van der Waals surface area contributed by atoms with Crippen LogP contribution in [-0.2, 0) is 0 Å². The topological polar surface area (TPSA) is 3.24 Å². The molecule has 0 spiro atoms. The SMILES string of the molecule is C=CCC(CN1C#CCCC1)/C(F)=C\C. The highest BCUT2D eigenvalue weighted by molar-refractivity contribution is 5.06. The summed E-state index contributed by atoms with van der Waals surface area (Å²) in [5.41, 5.74) is 0. The summed E-state index contributed by atoms with van der Waals surface area (Å²) < 4.78 is 13.5. The van der Waals surface area contributed by atoms with Gasteiger partial charge >= 0.3 is 0 Å². The molecule has 1 heterocycles. The lowest BCUT2D eigenvalue weighted by Crippen LogP contribution is -2.28. The first-order valence-electron chi connectivity index (χ1n) is 5.44. The maximum Gasteiger partial charge on any atom is 0.101 e. The molecule has 1 aliphatic heterocycles. The first-order valence-corrected chi connectivity index (χ1v) is 5.44. The van der Waals surface area contributed by atoms with Crippen LogP contribution in [0.3, 0.4) is 0 Å². The van der Waals surface area contributed by atoms with E-state index in [1.807, 2.05) is 4.90 Å². The van der Waals surface area contributed by atoms with E-state index in [1.165, 1.54) is 6.08 Å². The Balaban J connectivity index is 2.55. The minimum Gasteiger partial charge on any atom is -0.332 e. The molecule has 0 aromatic carbocycles. The summed E-state index contributed by atoms with van der Waals surface area (Å²) in [6.45, 7) is 7.02. The van der Waals surface area contributed by atoms with Crippen molar-refractivity contribution in [3.8, 4) is 12.0 Å². The predicted octanol–water partition coefficient (Wildman–Crippen LogP) is 3.11. The third kappa shape index (κ3) is 3.79. The average molecular weight is 207 g/mol. The van der Waals surface area contributed by atoms with Crippen LogP contribution in [0.2, 0.25) is 0 Å². The number of nitrogens with zero attached hydrogens (tertiary/aromatic N) is 1. The van der Waals surface area contributed by atoms with Crippen molar-refractivity contribution in [1.29, 1.82) is 0 Å². The molecule has 15 heavy (non-hydrogen) atoms. The zero-order chi connectivity index (χ0) is 11.1. The molecule has 1 atom stereocenters. The van der Waals surface area contributed by atoms with Gasteiger partial charge in [0.2, 0.25) is 0 Å². The molecule has 1 rings (SSSR count). The van der Waals surface area contributed by atoms with Crippen molar-refractivity contribution in [2.45, 2.75) is 26.2 Å². The van der Waals surface area contributed by atoms with Gasteiger partial charge in [-0.1, -0.05) is 18.1 Å². The molecule has 0 radical (unpaired) electrons. The Hall–Kier alpha value is -1.23. The van der Waals surface area contributed by atoms with Gasteiger partial charge in [0.1, 0.15) is 5.83 Å². The Kier molecular flexibility index (Phi) is 4.97. The van der Waals surface area contributed by atoms with Crippen molar-refractivity contribution < 1.29 is 4.39 Å². The minimum absolute atomic E-state index is 0.0535. The first kappa shape index (κ1) is 11.8. The fraction of sp³-hybridized carbons (Fsp3) is 0.538. The molecule has 1 unspecified atom stereocenters. The Bertz CT molecular complexity index is 295. The third-order valence-electron chi connectivity index (χ3n) is 2.52. The van der Waals surface area contributed by atoms with Crippen LogP contribution in [0.25, 0.3) is 0 Å². The highest BCUT2D eigenvalue weighted by atomic mass is 19.1. The summed E-state index contributed by atoms with van der Waals surface area (Å²) in [5, 5.41) is 0. The molecule has 0 aliphatic carbocycles. The molecule has 1 aliphatic rings. The van der Waals surface area contributed by atoms with Crippen molar-refractivity contribution in [2.75, 3.05) is 13.1 Å². The van der Waals surface area contributed by atoms with Gasteiger partial charge in [0, 0.05) is 31.5 Å². The van der Waals surface area contributed by atoms with E-state index in [9.17, 15) is 4.39 Å². The van der Waals surface area contributed by atoms with Crippen LogP contribution in [0.1, 0.15) is 26.2 Å². The zero-order valence-electron chi connectivity index (χ0n) is 9.30. The van der Waals surface area contributed by atoms with E-state index in [0.29, 0.717) is 13.0 Å². The van der Waals surface area contributed by atoms with Gasteiger partial charge in [-0.15, -0.1) is 6.58 Å². The lowest BCUT2D eigenvalue weighted by molar-refractivity contribution is 0.311. The van der Waals surface area contributed by atoms with Crippen molar-refractivity contribution in [1.82, 2.24) is 4.90 Å². The highest BCUT2D eigenvalue weighted by Crippen LogP contribution is 2.19. The number of rotatable bonds is 5. The van der Waals surface area contributed by atoms with E-state index in [-0.39, 0.29) is 11.7 Å². The first-order chi connectivity index (χ1) is 7.27. The largest absolute Gasteiger partial charge is 0.332 e. The minimum atomic E-state index is -0.0834. The number of allylic oxidation sites excluding steroid dienone is 2. The van der Waals surface area contributed by atoms with Crippen LogP contribution in [-0.4, -0.2) is 18.0 Å². The monoisotopic (exact) mass is 207 g/mol. The van der Waals surface area contributed by atoms with Crippen molar-refractivity contribution >= 4 is 0 Å². The van der Waals surface area contributed by atoms with Crippen LogP contribution < -0.4 is 0 Å². The van der Waals surface area contributed by atoms with Crippen LogP contribution in [0.15, 0.2) is 24.6 Å². The average Bonchev–Trinajstić information content (AvgIpc) is 2.29. The molecular formula is C13H18FN. The molecule has 0 bridgehead atoms. The Labute approximate surface area is 91.7 Å². The second-order valence-corrected chi connectivity index (χ2v) is 3.73. The molecule has 0 aromatic rings. The fourth-order valence-corrected chi connectivity index (χ4v) is 1.70. The van der Waals surface area contributed by atoms with Crippen molar-refractivity contribution in [2.24, 2.45) is 5.92 Å². The quantitative estimate of drug-likeness (QED) is 0.494. The molecule has 0 N–H and O–H groups in total. The molecule has 0 saturated heterocycles. The van der Waals surface area contributed by atoms with Gasteiger partial charge in [-0.3, -0.25) is 0 Å². The molecule has 0 aromatic heterocycles. The highest BCUT2D eigenvalue weighted by Gasteiger charge is 2.16.